The van der Waals surface area contributed by atoms with Crippen LogP contribution in [0.1, 0.15) is 73.7 Å². The van der Waals surface area contributed by atoms with Crippen molar-refractivity contribution in [1.29, 1.82) is 0 Å². The third kappa shape index (κ3) is 3.71. The maximum Gasteiger partial charge on any atom is 0.138 e. The van der Waals surface area contributed by atoms with Crippen LogP contribution in [0.25, 0.3) is 0 Å². The summed E-state index contributed by atoms with van der Waals surface area (Å²) < 4.78 is 5.74. The van der Waals surface area contributed by atoms with Crippen LogP contribution in [0, 0.1) is 13.8 Å². The minimum atomic E-state index is 0.394. The van der Waals surface area contributed by atoms with Gasteiger partial charge in [0.25, 0.3) is 0 Å². The molecule has 0 spiro atoms. The fourth-order valence-corrected chi connectivity index (χ4v) is 5.93. The number of methoxy groups -OCH3 is 1. The zero-order valence-electron chi connectivity index (χ0n) is 19.7. The second-order valence-electron chi connectivity index (χ2n) is 10.0. The molecule has 2 bridgehead atoms. The predicted octanol–water partition coefficient (Wildman–Crippen LogP) is 4.93. The Hall–Kier alpha value is -2.14. The fraction of sp³-hybridized carbons (Fsp3) is 0.615. The van der Waals surface area contributed by atoms with E-state index in [-0.39, 0.29) is 0 Å². The Bertz CT molecular complexity index is 958. The maximum atomic E-state index is 5.74. The highest BCUT2D eigenvalue weighted by Gasteiger charge is 2.43. The van der Waals surface area contributed by atoms with Crippen LogP contribution in [0.15, 0.2) is 18.2 Å². The smallest absolute Gasteiger partial charge is 0.138 e. The summed E-state index contributed by atoms with van der Waals surface area (Å²) in [5, 5.41) is 0. The highest BCUT2D eigenvalue weighted by atomic mass is 16.5. The predicted molar refractivity (Wildman–Crippen MR) is 126 cm³/mol. The first-order valence-corrected chi connectivity index (χ1v) is 12.0. The van der Waals surface area contributed by atoms with Crippen molar-refractivity contribution in [2.45, 2.75) is 90.4 Å². The van der Waals surface area contributed by atoms with Gasteiger partial charge < -0.3 is 14.5 Å². The average Bonchev–Trinajstić information content (AvgIpc) is 3.02. The topological polar surface area (TPSA) is 41.5 Å². The molecular formula is C26H36N4O. The van der Waals surface area contributed by atoms with Crippen molar-refractivity contribution in [2.75, 3.05) is 23.5 Å². The second kappa shape index (κ2) is 8.09. The summed E-state index contributed by atoms with van der Waals surface area (Å²) in [7, 11) is 1.86. The summed E-state index contributed by atoms with van der Waals surface area (Å²) in [6.07, 6.45) is 6.11. The number of hydrogen-bond donors (Lipinski definition) is 0. The van der Waals surface area contributed by atoms with Crippen LogP contribution < -0.4 is 9.80 Å². The molecule has 5 nitrogen and oxygen atoms in total. The second-order valence-corrected chi connectivity index (χ2v) is 10.0. The molecule has 5 heteroatoms. The number of rotatable bonds is 4. The number of hydrogen-bond acceptors (Lipinski definition) is 5. The molecule has 1 aromatic heterocycles. The number of nitrogens with zero attached hydrogens (tertiary/aromatic N) is 4. The lowest BCUT2D eigenvalue weighted by atomic mass is 9.96. The van der Waals surface area contributed by atoms with Gasteiger partial charge in [0.1, 0.15) is 11.6 Å². The Balaban J connectivity index is 1.50. The normalized spacial score (nSPS) is 25.3. The van der Waals surface area contributed by atoms with Crippen LogP contribution in [-0.4, -0.2) is 41.8 Å². The highest BCUT2D eigenvalue weighted by Crippen LogP contribution is 2.42. The van der Waals surface area contributed by atoms with E-state index in [9.17, 15) is 0 Å². The van der Waals surface area contributed by atoms with Gasteiger partial charge in [-0.15, -0.1) is 0 Å². The van der Waals surface area contributed by atoms with Crippen molar-refractivity contribution in [2.24, 2.45) is 0 Å². The first-order chi connectivity index (χ1) is 14.9. The summed E-state index contributed by atoms with van der Waals surface area (Å²) in [4.78, 5) is 15.1. The van der Waals surface area contributed by atoms with Crippen molar-refractivity contribution in [3.05, 3.63) is 46.4 Å². The van der Waals surface area contributed by atoms with Gasteiger partial charge in [-0.1, -0.05) is 26.0 Å². The SMILES string of the molecule is CO[C@H]1C[C@H]2CC[C@@H](C1)N2c1nc(C)nc2c1CN(c1cc(C(C)C)ccc1C)CC2. The van der Waals surface area contributed by atoms with Crippen LogP contribution in [0.5, 0.6) is 0 Å². The molecule has 166 valence electrons. The Morgan fingerprint density at radius 3 is 2.48 bits per heavy atom. The molecule has 2 fully saturated rings. The van der Waals surface area contributed by atoms with E-state index < -0.39 is 0 Å². The lowest BCUT2D eigenvalue weighted by Gasteiger charge is -2.42. The fourth-order valence-electron chi connectivity index (χ4n) is 5.93. The molecule has 3 aliphatic rings. The highest BCUT2D eigenvalue weighted by molar-refractivity contribution is 5.61. The van der Waals surface area contributed by atoms with Gasteiger partial charge in [-0.3, -0.25) is 0 Å². The summed E-state index contributed by atoms with van der Waals surface area (Å²) in [5.41, 5.74) is 6.72. The van der Waals surface area contributed by atoms with E-state index in [1.165, 1.54) is 46.7 Å². The molecule has 3 aliphatic heterocycles. The van der Waals surface area contributed by atoms with Crippen molar-refractivity contribution in [3.63, 3.8) is 0 Å². The van der Waals surface area contributed by atoms with Gasteiger partial charge in [0.2, 0.25) is 0 Å². The number of fused-ring (bicyclic) bond motifs is 3. The monoisotopic (exact) mass is 420 g/mol. The molecule has 31 heavy (non-hydrogen) atoms. The largest absolute Gasteiger partial charge is 0.381 e. The van der Waals surface area contributed by atoms with E-state index in [1.54, 1.807) is 0 Å². The van der Waals surface area contributed by atoms with Gasteiger partial charge >= 0.3 is 0 Å². The lowest BCUT2D eigenvalue weighted by Crippen LogP contribution is -2.47. The van der Waals surface area contributed by atoms with E-state index in [0.29, 0.717) is 24.1 Å². The molecule has 0 amide bonds. The van der Waals surface area contributed by atoms with Gasteiger partial charge in [0.15, 0.2) is 0 Å². The number of piperidine rings is 1. The Morgan fingerprint density at radius 1 is 1.06 bits per heavy atom. The summed E-state index contributed by atoms with van der Waals surface area (Å²) in [6.45, 7) is 10.7. The van der Waals surface area contributed by atoms with Crippen molar-refractivity contribution in [1.82, 2.24) is 9.97 Å². The quantitative estimate of drug-likeness (QED) is 0.702. The number of benzene rings is 1. The van der Waals surface area contributed by atoms with E-state index >= 15 is 0 Å². The van der Waals surface area contributed by atoms with Crippen LogP contribution >= 0.6 is 0 Å². The minimum Gasteiger partial charge on any atom is -0.381 e. The van der Waals surface area contributed by atoms with E-state index in [1.807, 2.05) is 7.11 Å². The van der Waals surface area contributed by atoms with E-state index in [4.69, 9.17) is 14.7 Å². The molecule has 4 heterocycles. The van der Waals surface area contributed by atoms with Gasteiger partial charge in [-0.25, -0.2) is 9.97 Å². The molecule has 3 atom stereocenters. The Labute approximate surface area is 186 Å². The third-order valence-corrected chi connectivity index (χ3v) is 7.66. The van der Waals surface area contributed by atoms with E-state index in [0.717, 1.165) is 38.2 Å². The maximum absolute atomic E-state index is 5.74. The number of aromatic nitrogens is 2. The van der Waals surface area contributed by atoms with Crippen molar-refractivity contribution in [3.8, 4) is 0 Å². The third-order valence-electron chi connectivity index (χ3n) is 7.66. The first-order valence-electron chi connectivity index (χ1n) is 12.0. The molecule has 5 rings (SSSR count). The van der Waals surface area contributed by atoms with Gasteiger partial charge in [-0.05, 0) is 62.6 Å². The number of anilines is 2. The number of ether oxygens (including phenoxy) is 1. The van der Waals surface area contributed by atoms with E-state index in [2.05, 4.69) is 55.7 Å². The molecule has 0 unspecified atom stereocenters. The average molecular weight is 421 g/mol. The van der Waals surface area contributed by atoms with Crippen LogP contribution in [0.4, 0.5) is 11.5 Å². The summed E-state index contributed by atoms with van der Waals surface area (Å²) in [5.74, 6) is 2.65. The molecule has 2 aromatic rings. The molecule has 1 aromatic carbocycles. The Morgan fingerprint density at radius 2 is 1.81 bits per heavy atom. The van der Waals surface area contributed by atoms with Crippen molar-refractivity contribution >= 4 is 11.5 Å². The zero-order chi connectivity index (χ0) is 21.7. The summed E-state index contributed by atoms with van der Waals surface area (Å²) >= 11 is 0. The molecule has 0 radical (unpaired) electrons. The first kappa shape index (κ1) is 20.7. The van der Waals surface area contributed by atoms with Gasteiger partial charge in [-0.2, -0.15) is 0 Å². The molecule has 0 N–H and O–H groups in total. The molecule has 0 aliphatic carbocycles. The number of aryl methyl sites for hydroxylation is 2. The Kier molecular flexibility index (Phi) is 5.41. The molecule has 2 saturated heterocycles. The van der Waals surface area contributed by atoms with Crippen LogP contribution in [0.3, 0.4) is 0 Å². The van der Waals surface area contributed by atoms with Crippen LogP contribution in [-0.2, 0) is 17.7 Å². The standard InChI is InChI=1S/C26H36N4O/c1-16(2)19-7-6-17(3)25(12-19)29-11-10-24-23(15-29)26(28-18(4)27-24)30-20-8-9-21(30)14-22(13-20)31-5/h6-7,12,16,20-22H,8-11,13-15H2,1-5H3/t20-,21+,22+. The molecular weight excluding hydrogens is 384 g/mol. The minimum absolute atomic E-state index is 0.394. The van der Waals surface area contributed by atoms with Gasteiger partial charge in [0, 0.05) is 50.0 Å². The lowest BCUT2D eigenvalue weighted by molar-refractivity contribution is 0.0681. The van der Waals surface area contributed by atoms with Gasteiger partial charge in [0.05, 0.1) is 11.8 Å². The summed E-state index contributed by atoms with van der Waals surface area (Å²) in [6, 6.07) is 8.04. The van der Waals surface area contributed by atoms with Crippen molar-refractivity contribution < 1.29 is 4.74 Å². The van der Waals surface area contributed by atoms with Crippen LogP contribution in [0.2, 0.25) is 0 Å². The zero-order valence-corrected chi connectivity index (χ0v) is 19.7. The molecule has 0 saturated carbocycles.